The van der Waals surface area contributed by atoms with Crippen LogP contribution in [-0.2, 0) is 0 Å². The molecule has 0 aromatic carbocycles. The lowest BCUT2D eigenvalue weighted by Gasteiger charge is -1.97. The Kier molecular flexibility index (Phi) is 5.77. The minimum Gasteiger partial charge on any atom is -0.223 e. The second-order valence-electron chi connectivity index (χ2n) is 2.87. The Balaban J connectivity index is 3.79. The maximum atomic E-state index is 4.11. The summed E-state index contributed by atoms with van der Waals surface area (Å²) in [6.07, 6.45) is 2.12. The normalized spacial score (nSPS) is 14.9. The molecule has 2 nitrogen and oxygen atoms in total. The lowest BCUT2D eigenvalue weighted by atomic mass is 10.3. The molecule has 2 heteroatoms. The van der Waals surface area contributed by atoms with Gasteiger partial charge in [0, 0.05) is 0 Å². The summed E-state index contributed by atoms with van der Waals surface area (Å²) < 4.78 is 0. The second kappa shape index (κ2) is 6.11. The second-order valence-corrected chi connectivity index (χ2v) is 2.87. The zero-order valence-electron chi connectivity index (χ0n) is 7.96. The molecule has 0 aliphatic carbocycles. The van der Waals surface area contributed by atoms with E-state index in [0.29, 0.717) is 12.1 Å². The quantitative estimate of drug-likeness (QED) is 0.556. The van der Waals surface area contributed by atoms with E-state index in [-0.39, 0.29) is 0 Å². The molecule has 2 atom stereocenters. The van der Waals surface area contributed by atoms with Crippen molar-refractivity contribution in [3.8, 4) is 0 Å². The van der Waals surface area contributed by atoms with Crippen LogP contribution in [-0.4, -0.2) is 18.1 Å². The Morgan fingerprint density at radius 2 is 1.36 bits per heavy atom. The zero-order valence-corrected chi connectivity index (χ0v) is 7.96. The van der Waals surface area contributed by atoms with Crippen LogP contribution in [0.15, 0.2) is 9.98 Å². The zero-order chi connectivity index (χ0) is 8.69. The molecule has 0 heterocycles. The van der Waals surface area contributed by atoms with Gasteiger partial charge >= 0.3 is 0 Å². The fourth-order valence-corrected chi connectivity index (χ4v) is 0.413. The summed E-state index contributed by atoms with van der Waals surface area (Å²) in [5.74, 6) is 0. The van der Waals surface area contributed by atoms with Crippen LogP contribution in [0.2, 0.25) is 0 Å². The third-order valence-corrected chi connectivity index (χ3v) is 1.74. The molecule has 0 rings (SSSR count). The van der Waals surface area contributed by atoms with Gasteiger partial charge in [-0.3, -0.25) is 0 Å². The van der Waals surface area contributed by atoms with Crippen molar-refractivity contribution in [1.82, 2.24) is 0 Å². The summed E-state index contributed by atoms with van der Waals surface area (Å²) in [6, 6.07) is 3.46. The predicted octanol–water partition coefficient (Wildman–Crippen LogP) is 2.76. The highest BCUT2D eigenvalue weighted by molar-refractivity contribution is 5.41. The summed E-state index contributed by atoms with van der Waals surface area (Å²) in [4.78, 5) is 8.23. The molecule has 0 aliphatic heterocycles. The highest BCUT2D eigenvalue weighted by Gasteiger charge is 1.91. The van der Waals surface area contributed by atoms with Crippen molar-refractivity contribution in [2.75, 3.05) is 0 Å². The molecule has 11 heavy (non-hydrogen) atoms. The monoisotopic (exact) mass is 154 g/mol. The Bertz CT molecular complexity index is 132. The number of rotatable bonds is 4. The van der Waals surface area contributed by atoms with Crippen LogP contribution in [0.3, 0.4) is 0 Å². The highest BCUT2D eigenvalue weighted by Crippen LogP contribution is 1.94. The van der Waals surface area contributed by atoms with E-state index >= 15 is 0 Å². The van der Waals surface area contributed by atoms with Gasteiger partial charge in [0.05, 0.1) is 18.1 Å². The molecule has 0 bridgehead atoms. The minimum absolute atomic E-state index is 0.364. The van der Waals surface area contributed by atoms with E-state index in [1.807, 2.05) is 0 Å². The fraction of sp³-hybridized carbons (Fsp3) is 0.889. The van der Waals surface area contributed by atoms with Crippen LogP contribution in [0, 0.1) is 0 Å². The van der Waals surface area contributed by atoms with Gasteiger partial charge in [0.15, 0.2) is 0 Å². The highest BCUT2D eigenvalue weighted by atomic mass is 14.8. The molecule has 0 fully saturated rings. The van der Waals surface area contributed by atoms with E-state index < -0.39 is 0 Å². The van der Waals surface area contributed by atoms with Gasteiger partial charge < -0.3 is 0 Å². The first kappa shape index (κ1) is 10.4. The van der Waals surface area contributed by atoms with E-state index in [9.17, 15) is 0 Å². The Morgan fingerprint density at radius 1 is 1.00 bits per heavy atom. The summed E-state index contributed by atoms with van der Waals surface area (Å²) in [5.41, 5.74) is 0. The summed E-state index contributed by atoms with van der Waals surface area (Å²) in [6.45, 7) is 8.36. The first-order chi connectivity index (χ1) is 5.20. The van der Waals surface area contributed by atoms with Gasteiger partial charge in [0.25, 0.3) is 0 Å². The molecule has 64 valence electrons. The SMILES string of the molecule is CC[C@H](C)N=C=N[C@@H](C)CC. The van der Waals surface area contributed by atoms with Gasteiger partial charge in [-0.1, -0.05) is 13.8 Å². The van der Waals surface area contributed by atoms with Crippen molar-refractivity contribution in [2.24, 2.45) is 9.98 Å². The summed E-state index contributed by atoms with van der Waals surface area (Å²) >= 11 is 0. The van der Waals surface area contributed by atoms with Crippen molar-refractivity contribution in [3.63, 3.8) is 0 Å². The fourth-order valence-electron chi connectivity index (χ4n) is 0.413. The lowest BCUT2D eigenvalue weighted by molar-refractivity contribution is 0.704. The van der Waals surface area contributed by atoms with E-state index in [4.69, 9.17) is 0 Å². The predicted molar refractivity (Wildman–Crippen MR) is 49.4 cm³/mol. The number of hydrogen-bond donors (Lipinski definition) is 0. The van der Waals surface area contributed by atoms with Crippen molar-refractivity contribution >= 4 is 6.01 Å². The van der Waals surface area contributed by atoms with E-state index in [1.54, 1.807) is 0 Å². The third kappa shape index (κ3) is 5.81. The van der Waals surface area contributed by atoms with Gasteiger partial charge in [-0.25, -0.2) is 9.98 Å². The lowest BCUT2D eigenvalue weighted by Crippen LogP contribution is -1.95. The molecule has 0 radical (unpaired) electrons. The van der Waals surface area contributed by atoms with Gasteiger partial charge in [-0.15, -0.1) is 0 Å². The Morgan fingerprint density at radius 3 is 1.64 bits per heavy atom. The third-order valence-electron chi connectivity index (χ3n) is 1.74. The number of hydrogen-bond acceptors (Lipinski definition) is 2. The molecule has 0 spiro atoms. The van der Waals surface area contributed by atoms with Crippen LogP contribution in [0.4, 0.5) is 0 Å². The maximum absolute atomic E-state index is 4.11. The van der Waals surface area contributed by atoms with Crippen LogP contribution in [0.25, 0.3) is 0 Å². The molecular weight excluding hydrogens is 136 g/mol. The Labute approximate surface area is 69.4 Å². The molecule has 0 N–H and O–H groups in total. The molecule has 0 saturated carbocycles. The van der Waals surface area contributed by atoms with Crippen LogP contribution in [0.5, 0.6) is 0 Å². The summed E-state index contributed by atoms with van der Waals surface area (Å²) in [5, 5.41) is 0. The van der Waals surface area contributed by atoms with Crippen molar-refractivity contribution in [3.05, 3.63) is 0 Å². The van der Waals surface area contributed by atoms with Gasteiger partial charge in [-0.05, 0) is 26.7 Å². The maximum Gasteiger partial charge on any atom is 0.0898 e. The van der Waals surface area contributed by atoms with E-state index in [2.05, 4.69) is 43.7 Å². The van der Waals surface area contributed by atoms with Crippen LogP contribution < -0.4 is 0 Å². The smallest absolute Gasteiger partial charge is 0.0898 e. The molecule has 0 saturated heterocycles. The molecule has 0 unspecified atom stereocenters. The standard InChI is InChI=1S/C9H18N2/c1-5-8(3)10-7-11-9(4)6-2/h8-9H,5-6H2,1-4H3/t8-,9-/m0/s1. The van der Waals surface area contributed by atoms with Crippen molar-refractivity contribution < 1.29 is 0 Å². The average Bonchev–Trinajstić information content (AvgIpc) is 2.04. The van der Waals surface area contributed by atoms with E-state index in [0.717, 1.165) is 12.8 Å². The molecule has 0 aromatic rings. The van der Waals surface area contributed by atoms with Crippen LogP contribution in [0.1, 0.15) is 40.5 Å². The van der Waals surface area contributed by atoms with E-state index in [1.165, 1.54) is 0 Å². The Hall–Kier alpha value is -0.620. The number of nitrogens with zero attached hydrogens (tertiary/aromatic N) is 2. The minimum atomic E-state index is 0.364. The number of aliphatic imine (C=N–C) groups is 2. The van der Waals surface area contributed by atoms with Crippen LogP contribution >= 0.6 is 0 Å². The molecular formula is C9H18N2. The van der Waals surface area contributed by atoms with Gasteiger partial charge in [0.2, 0.25) is 0 Å². The first-order valence-corrected chi connectivity index (χ1v) is 4.35. The van der Waals surface area contributed by atoms with Crippen molar-refractivity contribution in [1.29, 1.82) is 0 Å². The molecule has 0 amide bonds. The van der Waals surface area contributed by atoms with Crippen molar-refractivity contribution in [2.45, 2.75) is 52.6 Å². The topological polar surface area (TPSA) is 24.7 Å². The molecule has 0 aliphatic rings. The molecule has 0 aromatic heterocycles. The van der Waals surface area contributed by atoms with Gasteiger partial charge in [0.1, 0.15) is 0 Å². The van der Waals surface area contributed by atoms with Gasteiger partial charge in [-0.2, -0.15) is 0 Å². The largest absolute Gasteiger partial charge is 0.223 e. The first-order valence-electron chi connectivity index (χ1n) is 4.35. The average molecular weight is 154 g/mol. The summed E-state index contributed by atoms with van der Waals surface area (Å²) in [7, 11) is 0.